The lowest BCUT2D eigenvalue weighted by Crippen LogP contribution is -2.15. The van der Waals surface area contributed by atoms with E-state index in [2.05, 4.69) is 0 Å². The van der Waals surface area contributed by atoms with Crippen LogP contribution >= 0.6 is 0 Å². The van der Waals surface area contributed by atoms with Gasteiger partial charge in [-0.05, 0) is 42.9 Å². The van der Waals surface area contributed by atoms with Gasteiger partial charge in [0, 0.05) is 6.04 Å². The van der Waals surface area contributed by atoms with E-state index in [0.29, 0.717) is 11.1 Å². The first-order chi connectivity index (χ1) is 8.08. The Morgan fingerprint density at radius 2 is 1.76 bits per heavy atom. The van der Waals surface area contributed by atoms with Crippen LogP contribution in [0.4, 0.5) is 4.39 Å². The quantitative estimate of drug-likeness (QED) is 0.841. The Hall–Kier alpha value is -0.890. The van der Waals surface area contributed by atoms with E-state index >= 15 is 0 Å². The zero-order valence-corrected chi connectivity index (χ0v) is 10.8. The molecule has 0 amide bonds. The second kappa shape index (κ2) is 5.18. The van der Waals surface area contributed by atoms with Gasteiger partial charge < -0.3 is 5.73 Å². The van der Waals surface area contributed by atoms with Crippen molar-refractivity contribution in [2.45, 2.75) is 52.0 Å². The number of rotatable bonds is 3. The SMILES string of the molecule is Cc1cc(C(N)CC2CCCC2)cc(C)c1F. The van der Waals surface area contributed by atoms with E-state index in [4.69, 9.17) is 5.73 Å². The molecule has 0 bridgehead atoms. The van der Waals surface area contributed by atoms with E-state index < -0.39 is 0 Å². The third-order valence-electron chi connectivity index (χ3n) is 3.95. The van der Waals surface area contributed by atoms with Gasteiger partial charge in [-0.3, -0.25) is 0 Å². The molecule has 1 unspecified atom stereocenters. The molecule has 0 radical (unpaired) electrons. The molecule has 0 aliphatic heterocycles. The fourth-order valence-electron chi connectivity index (χ4n) is 2.93. The minimum Gasteiger partial charge on any atom is -0.324 e. The van der Waals surface area contributed by atoms with E-state index in [1.807, 2.05) is 26.0 Å². The highest BCUT2D eigenvalue weighted by atomic mass is 19.1. The topological polar surface area (TPSA) is 26.0 Å². The molecule has 2 heteroatoms. The van der Waals surface area contributed by atoms with Crippen molar-refractivity contribution >= 4 is 0 Å². The predicted molar refractivity (Wildman–Crippen MR) is 69.4 cm³/mol. The highest BCUT2D eigenvalue weighted by Gasteiger charge is 2.19. The molecule has 0 spiro atoms. The average Bonchev–Trinajstić information content (AvgIpc) is 2.77. The van der Waals surface area contributed by atoms with E-state index in [1.165, 1.54) is 25.7 Å². The van der Waals surface area contributed by atoms with E-state index in [9.17, 15) is 4.39 Å². The Morgan fingerprint density at radius 3 is 2.29 bits per heavy atom. The van der Waals surface area contributed by atoms with Crippen LogP contribution in [0.25, 0.3) is 0 Å². The van der Waals surface area contributed by atoms with Crippen LogP contribution in [0.5, 0.6) is 0 Å². The molecule has 0 heterocycles. The maximum atomic E-state index is 13.5. The molecule has 1 aliphatic rings. The van der Waals surface area contributed by atoms with E-state index in [-0.39, 0.29) is 11.9 Å². The number of hydrogen-bond donors (Lipinski definition) is 1. The standard InChI is InChI=1S/C15H22FN/c1-10-7-13(8-11(2)15(10)16)14(17)9-12-5-3-4-6-12/h7-8,12,14H,3-6,9,17H2,1-2H3. The van der Waals surface area contributed by atoms with Crippen LogP contribution in [0.3, 0.4) is 0 Å². The summed E-state index contributed by atoms with van der Waals surface area (Å²) in [6, 6.07) is 3.88. The van der Waals surface area contributed by atoms with Crippen molar-refractivity contribution in [1.82, 2.24) is 0 Å². The van der Waals surface area contributed by atoms with Crippen molar-refractivity contribution in [3.63, 3.8) is 0 Å². The van der Waals surface area contributed by atoms with Gasteiger partial charge in [0.15, 0.2) is 0 Å². The molecule has 0 saturated heterocycles. The van der Waals surface area contributed by atoms with Crippen LogP contribution in [-0.4, -0.2) is 0 Å². The molecule has 1 aromatic rings. The highest BCUT2D eigenvalue weighted by Crippen LogP contribution is 2.32. The maximum absolute atomic E-state index is 13.5. The van der Waals surface area contributed by atoms with Crippen LogP contribution in [0, 0.1) is 25.6 Å². The molecular weight excluding hydrogens is 213 g/mol. The number of benzene rings is 1. The summed E-state index contributed by atoms with van der Waals surface area (Å²) in [5.74, 6) is 0.678. The monoisotopic (exact) mass is 235 g/mol. The zero-order valence-electron chi connectivity index (χ0n) is 10.8. The molecule has 2 rings (SSSR count). The van der Waals surface area contributed by atoms with Crippen LogP contribution in [0.15, 0.2) is 12.1 Å². The highest BCUT2D eigenvalue weighted by molar-refractivity contribution is 5.32. The Balaban J connectivity index is 2.10. The van der Waals surface area contributed by atoms with E-state index in [1.54, 1.807) is 0 Å². The van der Waals surface area contributed by atoms with Crippen LogP contribution in [0.1, 0.15) is 54.8 Å². The second-order valence-electron chi connectivity index (χ2n) is 5.46. The smallest absolute Gasteiger partial charge is 0.129 e. The second-order valence-corrected chi connectivity index (χ2v) is 5.46. The van der Waals surface area contributed by atoms with Gasteiger partial charge in [0.1, 0.15) is 5.82 Å². The first-order valence-electron chi connectivity index (χ1n) is 6.60. The summed E-state index contributed by atoms with van der Waals surface area (Å²) in [5, 5.41) is 0. The van der Waals surface area contributed by atoms with Gasteiger partial charge in [0.25, 0.3) is 0 Å². The molecular formula is C15H22FN. The van der Waals surface area contributed by atoms with Gasteiger partial charge >= 0.3 is 0 Å². The van der Waals surface area contributed by atoms with Crippen molar-refractivity contribution in [2.75, 3.05) is 0 Å². The predicted octanol–water partition coefficient (Wildman–Crippen LogP) is 4.02. The van der Waals surface area contributed by atoms with Gasteiger partial charge in [-0.2, -0.15) is 0 Å². The summed E-state index contributed by atoms with van der Waals surface area (Å²) in [6.07, 6.45) is 6.36. The molecule has 1 nitrogen and oxygen atoms in total. The van der Waals surface area contributed by atoms with Crippen molar-refractivity contribution in [3.05, 3.63) is 34.6 Å². The molecule has 1 aromatic carbocycles. The average molecular weight is 235 g/mol. The fourth-order valence-corrected chi connectivity index (χ4v) is 2.93. The molecule has 1 saturated carbocycles. The van der Waals surface area contributed by atoms with Gasteiger partial charge in [-0.15, -0.1) is 0 Å². The zero-order chi connectivity index (χ0) is 12.4. The third kappa shape index (κ3) is 2.86. The van der Waals surface area contributed by atoms with Crippen molar-refractivity contribution in [1.29, 1.82) is 0 Å². The summed E-state index contributed by atoms with van der Waals surface area (Å²) >= 11 is 0. The summed E-state index contributed by atoms with van der Waals surface area (Å²) in [6.45, 7) is 3.63. The first-order valence-corrected chi connectivity index (χ1v) is 6.60. The summed E-state index contributed by atoms with van der Waals surface area (Å²) in [7, 11) is 0. The molecule has 1 aliphatic carbocycles. The van der Waals surface area contributed by atoms with Gasteiger partial charge in [0.2, 0.25) is 0 Å². The van der Waals surface area contributed by atoms with Gasteiger partial charge in [-0.1, -0.05) is 37.8 Å². The lowest BCUT2D eigenvalue weighted by atomic mass is 9.92. The first kappa shape index (κ1) is 12.6. The van der Waals surface area contributed by atoms with Gasteiger partial charge in [0.05, 0.1) is 0 Å². The Morgan fingerprint density at radius 1 is 1.24 bits per heavy atom. The minimum absolute atomic E-state index is 0.0658. The number of nitrogens with two attached hydrogens (primary N) is 1. The Labute approximate surface area is 103 Å². The third-order valence-corrected chi connectivity index (χ3v) is 3.95. The number of aryl methyl sites for hydroxylation is 2. The molecule has 17 heavy (non-hydrogen) atoms. The van der Waals surface area contributed by atoms with Crippen molar-refractivity contribution in [3.8, 4) is 0 Å². The number of halogens is 1. The molecule has 2 N–H and O–H groups in total. The summed E-state index contributed by atoms with van der Waals surface area (Å²) < 4.78 is 13.5. The Bertz CT molecular complexity index is 371. The maximum Gasteiger partial charge on any atom is 0.129 e. The largest absolute Gasteiger partial charge is 0.324 e. The lowest BCUT2D eigenvalue weighted by molar-refractivity contribution is 0.450. The summed E-state index contributed by atoms with van der Waals surface area (Å²) in [5.41, 5.74) is 8.75. The molecule has 1 atom stereocenters. The van der Waals surface area contributed by atoms with Crippen LogP contribution in [0.2, 0.25) is 0 Å². The summed E-state index contributed by atoms with van der Waals surface area (Å²) in [4.78, 5) is 0. The van der Waals surface area contributed by atoms with Crippen molar-refractivity contribution in [2.24, 2.45) is 11.7 Å². The van der Waals surface area contributed by atoms with Crippen LogP contribution in [-0.2, 0) is 0 Å². The molecule has 0 aromatic heterocycles. The fraction of sp³-hybridized carbons (Fsp3) is 0.600. The molecule has 1 fully saturated rings. The normalized spacial score (nSPS) is 18.6. The van der Waals surface area contributed by atoms with Crippen LogP contribution < -0.4 is 5.73 Å². The lowest BCUT2D eigenvalue weighted by Gasteiger charge is -2.18. The molecule has 94 valence electrons. The van der Waals surface area contributed by atoms with E-state index in [0.717, 1.165) is 17.9 Å². The Kier molecular flexibility index (Phi) is 3.82. The van der Waals surface area contributed by atoms with Gasteiger partial charge in [-0.25, -0.2) is 4.39 Å². The van der Waals surface area contributed by atoms with Crippen molar-refractivity contribution < 1.29 is 4.39 Å². The minimum atomic E-state index is -0.0955. The number of hydrogen-bond acceptors (Lipinski definition) is 1.